The SMILES string of the molecule is CCOC(=O)/C=C/c1cc(F)c(F)cc1[C@@H](CC)OC[C@H]1CO1. The zero-order valence-electron chi connectivity index (χ0n) is 13.2. The number of rotatable bonds is 8. The number of carbonyl (C=O) groups is 1. The number of carbonyl (C=O) groups excluding carboxylic acids is 1. The number of halogens is 2. The van der Waals surface area contributed by atoms with Gasteiger partial charge >= 0.3 is 5.97 Å². The largest absolute Gasteiger partial charge is 0.463 e. The van der Waals surface area contributed by atoms with E-state index in [1.165, 1.54) is 12.2 Å². The lowest BCUT2D eigenvalue weighted by molar-refractivity contribution is -0.137. The number of hydrogen-bond acceptors (Lipinski definition) is 4. The Morgan fingerprint density at radius 3 is 2.70 bits per heavy atom. The van der Waals surface area contributed by atoms with Gasteiger partial charge in [-0.1, -0.05) is 6.92 Å². The van der Waals surface area contributed by atoms with Crippen molar-refractivity contribution < 1.29 is 27.8 Å². The number of epoxide rings is 1. The summed E-state index contributed by atoms with van der Waals surface area (Å²) in [5, 5.41) is 0. The lowest BCUT2D eigenvalue weighted by Gasteiger charge is -2.19. The third-order valence-corrected chi connectivity index (χ3v) is 3.41. The molecule has 0 amide bonds. The van der Waals surface area contributed by atoms with Crippen molar-refractivity contribution in [1.82, 2.24) is 0 Å². The van der Waals surface area contributed by atoms with Gasteiger partial charge in [0.25, 0.3) is 0 Å². The summed E-state index contributed by atoms with van der Waals surface area (Å²) < 4.78 is 42.8. The maximum atomic E-state index is 13.6. The Morgan fingerprint density at radius 1 is 1.39 bits per heavy atom. The number of esters is 1. The van der Waals surface area contributed by atoms with Gasteiger partial charge in [0, 0.05) is 6.08 Å². The first-order valence-electron chi connectivity index (χ1n) is 7.62. The van der Waals surface area contributed by atoms with E-state index in [-0.39, 0.29) is 12.7 Å². The molecule has 0 spiro atoms. The highest BCUT2D eigenvalue weighted by atomic mass is 19.2. The maximum absolute atomic E-state index is 13.6. The van der Waals surface area contributed by atoms with Gasteiger partial charge in [0.15, 0.2) is 11.6 Å². The summed E-state index contributed by atoms with van der Waals surface area (Å²) in [5.41, 5.74) is 0.883. The third-order valence-electron chi connectivity index (χ3n) is 3.41. The lowest BCUT2D eigenvalue weighted by Crippen LogP contribution is -2.10. The molecule has 1 aliphatic heterocycles. The quantitative estimate of drug-likeness (QED) is 0.417. The van der Waals surface area contributed by atoms with Gasteiger partial charge in [0.1, 0.15) is 6.10 Å². The first-order chi connectivity index (χ1) is 11.0. The zero-order valence-corrected chi connectivity index (χ0v) is 13.2. The molecule has 0 aromatic heterocycles. The van der Waals surface area contributed by atoms with E-state index >= 15 is 0 Å². The van der Waals surface area contributed by atoms with E-state index in [0.717, 1.165) is 12.1 Å². The highest BCUT2D eigenvalue weighted by molar-refractivity contribution is 5.87. The van der Waals surface area contributed by atoms with E-state index in [1.54, 1.807) is 6.92 Å². The van der Waals surface area contributed by atoms with Crippen molar-refractivity contribution in [3.8, 4) is 0 Å². The Balaban J connectivity index is 2.23. The highest BCUT2D eigenvalue weighted by Gasteiger charge is 2.25. The van der Waals surface area contributed by atoms with Crippen LogP contribution in [0.25, 0.3) is 6.08 Å². The second-order valence-corrected chi connectivity index (χ2v) is 5.17. The smallest absolute Gasteiger partial charge is 0.330 e. The van der Waals surface area contributed by atoms with E-state index in [1.807, 2.05) is 6.92 Å². The Hall–Kier alpha value is -1.79. The summed E-state index contributed by atoms with van der Waals surface area (Å²) in [7, 11) is 0. The molecule has 0 bridgehead atoms. The van der Waals surface area contributed by atoms with Gasteiger partial charge in [0.2, 0.25) is 0 Å². The fourth-order valence-electron chi connectivity index (χ4n) is 2.16. The Morgan fingerprint density at radius 2 is 2.09 bits per heavy atom. The summed E-state index contributed by atoms with van der Waals surface area (Å²) in [6.07, 6.45) is 2.85. The lowest BCUT2D eigenvalue weighted by atomic mass is 9.99. The minimum absolute atomic E-state index is 0.0767. The summed E-state index contributed by atoms with van der Waals surface area (Å²) >= 11 is 0. The molecule has 1 fully saturated rings. The van der Waals surface area contributed by atoms with E-state index in [4.69, 9.17) is 14.2 Å². The molecule has 2 atom stereocenters. The molecular formula is C17H20F2O4. The molecule has 23 heavy (non-hydrogen) atoms. The van der Waals surface area contributed by atoms with Crippen molar-refractivity contribution in [3.05, 3.63) is 41.0 Å². The van der Waals surface area contributed by atoms with Gasteiger partial charge < -0.3 is 14.2 Å². The minimum atomic E-state index is -0.974. The monoisotopic (exact) mass is 326 g/mol. The predicted molar refractivity (Wildman–Crippen MR) is 80.7 cm³/mol. The molecule has 0 N–H and O–H groups in total. The highest BCUT2D eigenvalue weighted by Crippen LogP contribution is 2.29. The van der Waals surface area contributed by atoms with Gasteiger partial charge in [-0.05, 0) is 42.7 Å². The predicted octanol–water partition coefficient (Wildman–Crippen LogP) is 3.41. The van der Waals surface area contributed by atoms with Gasteiger partial charge in [-0.2, -0.15) is 0 Å². The maximum Gasteiger partial charge on any atom is 0.330 e. The van der Waals surface area contributed by atoms with Crippen LogP contribution in [0.1, 0.15) is 37.5 Å². The standard InChI is InChI=1S/C17H20F2O4/c1-3-16(23-10-12-9-22-12)13-8-15(19)14(18)7-11(13)5-6-17(20)21-4-2/h5-8,12,16H,3-4,9-10H2,1-2H3/b6-5+/t12-,16-/m1/s1. The Bertz CT molecular complexity index is 582. The minimum Gasteiger partial charge on any atom is -0.463 e. The summed E-state index contributed by atoms with van der Waals surface area (Å²) in [5.74, 6) is -2.46. The number of benzene rings is 1. The van der Waals surface area contributed by atoms with Crippen LogP contribution in [0.5, 0.6) is 0 Å². The second kappa shape index (κ2) is 8.17. The normalized spacial score (nSPS) is 18.2. The molecule has 1 aliphatic rings. The van der Waals surface area contributed by atoms with Gasteiger partial charge in [-0.15, -0.1) is 0 Å². The molecule has 2 rings (SSSR count). The molecule has 4 nitrogen and oxygen atoms in total. The van der Waals surface area contributed by atoms with Crippen LogP contribution in [0.3, 0.4) is 0 Å². The van der Waals surface area contributed by atoms with Crippen LogP contribution in [0.15, 0.2) is 18.2 Å². The van der Waals surface area contributed by atoms with Crippen molar-refractivity contribution in [2.24, 2.45) is 0 Å². The van der Waals surface area contributed by atoms with Crippen molar-refractivity contribution in [1.29, 1.82) is 0 Å². The van der Waals surface area contributed by atoms with Crippen LogP contribution in [0.4, 0.5) is 8.78 Å². The molecule has 6 heteroatoms. The average molecular weight is 326 g/mol. The molecule has 0 radical (unpaired) electrons. The van der Waals surface area contributed by atoms with Crippen molar-refractivity contribution >= 4 is 12.0 Å². The third kappa shape index (κ3) is 5.11. The van der Waals surface area contributed by atoms with E-state index < -0.39 is 23.7 Å². The molecule has 1 aromatic carbocycles. The average Bonchev–Trinajstić information content (AvgIpc) is 3.34. The van der Waals surface area contributed by atoms with Crippen LogP contribution in [0, 0.1) is 11.6 Å². The topological polar surface area (TPSA) is 48.1 Å². The van der Waals surface area contributed by atoms with Crippen molar-refractivity contribution in [3.63, 3.8) is 0 Å². The molecule has 1 heterocycles. The fraction of sp³-hybridized carbons (Fsp3) is 0.471. The summed E-state index contributed by atoms with van der Waals surface area (Å²) in [6.45, 7) is 4.88. The fourth-order valence-corrected chi connectivity index (χ4v) is 2.16. The van der Waals surface area contributed by atoms with Crippen LogP contribution >= 0.6 is 0 Å². The van der Waals surface area contributed by atoms with Crippen LogP contribution in [-0.2, 0) is 19.0 Å². The molecule has 0 saturated carbocycles. The molecule has 126 valence electrons. The molecule has 0 aliphatic carbocycles. The summed E-state index contributed by atoms with van der Waals surface area (Å²) in [4.78, 5) is 11.4. The molecular weight excluding hydrogens is 306 g/mol. The van der Waals surface area contributed by atoms with Gasteiger partial charge in [-0.3, -0.25) is 0 Å². The van der Waals surface area contributed by atoms with E-state index in [0.29, 0.717) is 30.8 Å². The summed E-state index contributed by atoms with van der Waals surface area (Å²) in [6, 6.07) is 2.17. The number of hydrogen-bond donors (Lipinski definition) is 0. The van der Waals surface area contributed by atoms with E-state index in [9.17, 15) is 13.6 Å². The van der Waals surface area contributed by atoms with E-state index in [2.05, 4.69) is 0 Å². The van der Waals surface area contributed by atoms with Gasteiger partial charge in [-0.25, -0.2) is 13.6 Å². The van der Waals surface area contributed by atoms with Crippen LogP contribution in [-0.4, -0.2) is 31.9 Å². The number of ether oxygens (including phenoxy) is 3. The first kappa shape index (κ1) is 17.6. The second-order valence-electron chi connectivity index (χ2n) is 5.17. The molecule has 1 saturated heterocycles. The van der Waals surface area contributed by atoms with Crippen LogP contribution in [0.2, 0.25) is 0 Å². The molecule has 1 aromatic rings. The Labute approximate surface area is 134 Å². The zero-order chi connectivity index (χ0) is 16.8. The van der Waals surface area contributed by atoms with Crippen molar-refractivity contribution in [2.45, 2.75) is 32.5 Å². The first-order valence-corrected chi connectivity index (χ1v) is 7.62. The van der Waals surface area contributed by atoms with Crippen molar-refractivity contribution in [2.75, 3.05) is 19.8 Å². The molecule has 0 unspecified atom stereocenters. The van der Waals surface area contributed by atoms with Gasteiger partial charge in [0.05, 0.1) is 25.9 Å². The Kier molecular flexibility index (Phi) is 6.24. The van der Waals surface area contributed by atoms with Crippen LogP contribution < -0.4 is 0 Å².